The molecule has 0 fully saturated rings. The zero-order chi connectivity index (χ0) is 14.1. The van der Waals surface area contributed by atoms with E-state index in [0.29, 0.717) is 23.3 Å². The van der Waals surface area contributed by atoms with Crippen LogP contribution in [0.1, 0.15) is 11.3 Å². The summed E-state index contributed by atoms with van der Waals surface area (Å²) in [5, 5.41) is 8.08. The minimum absolute atomic E-state index is 0.298. The molecule has 0 aliphatic carbocycles. The second-order valence-corrected chi connectivity index (χ2v) is 4.62. The molecule has 0 saturated heterocycles. The number of nitrogens with zero attached hydrogens (tertiary/aromatic N) is 4. The first-order valence-electron chi connectivity index (χ1n) is 6.27. The molecule has 3 aromatic rings. The van der Waals surface area contributed by atoms with Gasteiger partial charge in [0.25, 0.3) is 0 Å². The Bertz CT molecular complexity index is 765. The molecule has 5 nitrogen and oxygen atoms in total. The lowest BCUT2D eigenvalue weighted by atomic mass is 10.2. The number of halogens is 1. The van der Waals surface area contributed by atoms with E-state index in [0.717, 1.165) is 11.3 Å². The molecule has 102 valence electrons. The van der Waals surface area contributed by atoms with E-state index < -0.39 is 0 Å². The van der Waals surface area contributed by atoms with Gasteiger partial charge in [-0.15, -0.1) is 0 Å². The number of hydrogen-bond acceptors (Lipinski definition) is 4. The maximum absolute atomic E-state index is 13.4. The number of aryl methyl sites for hydroxylation is 1. The van der Waals surface area contributed by atoms with Crippen LogP contribution in [0.5, 0.6) is 0 Å². The smallest absolute Gasteiger partial charge is 0.137 e. The van der Waals surface area contributed by atoms with E-state index in [1.165, 1.54) is 18.5 Å². The van der Waals surface area contributed by atoms with Crippen molar-refractivity contribution in [3.63, 3.8) is 0 Å². The first-order valence-corrected chi connectivity index (χ1v) is 6.27. The van der Waals surface area contributed by atoms with Crippen molar-refractivity contribution in [2.75, 3.05) is 5.32 Å². The Kier molecular flexibility index (Phi) is 3.06. The number of aromatic nitrogens is 4. The monoisotopic (exact) mass is 271 g/mol. The van der Waals surface area contributed by atoms with Gasteiger partial charge in [-0.1, -0.05) is 0 Å². The predicted molar refractivity (Wildman–Crippen MR) is 74.8 cm³/mol. The molecule has 0 aliphatic rings. The molecule has 3 rings (SSSR count). The van der Waals surface area contributed by atoms with Crippen LogP contribution in [0, 0.1) is 12.7 Å². The molecule has 0 unspecified atom stereocenters. The summed E-state index contributed by atoms with van der Waals surface area (Å²) in [5.74, 6) is 0.325. The summed E-state index contributed by atoms with van der Waals surface area (Å²) in [5.41, 5.74) is 2.88. The fourth-order valence-electron chi connectivity index (χ4n) is 2.07. The Hall–Kier alpha value is -2.50. The normalized spacial score (nSPS) is 10.9. The van der Waals surface area contributed by atoms with Crippen LogP contribution in [0.15, 0.2) is 30.7 Å². The second-order valence-electron chi connectivity index (χ2n) is 4.62. The van der Waals surface area contributed by atoms with Gasteiger partial charge in [0, 0.05) is 30.2 Å². The maximum atomic E-state index is 13.4. The van der Waals surface area contributed by atoms with Gasteiger partial charge in [-0.25, -0.2) is 14.4 Å². The Labute approximate surface area is 115 Å². The molecule has 0 spiro atoms. The third-order valence-corrected chi connectivity index (χ3v) is 3.38. The van der Waals surface area contributed by atoms with E-state index in [2.05, 4.69) is 20.4 Å². The van der Waals surface area contributed by atoms with Crippen LogP contribution in [-0.4, -0.2) is 19.7 Å². The van der Waals surface area contributed by atoms with E-state index in [-0.39, 0.29) is 5.82 Å². The topological polar surface area (TPSA) is 55.6 Å². The van der Waals surface area contributed by atoms with Gasteiger partial charge in [-0.3, -0.25) is 4.68 Å². The molecule has 0 radical (unpaired) electrons. The third-order valence-electron chi connectivity index (χ3n) is 3.38. The lowest BCUT2D eigenvalue weighted by Gasteiger charge is -2.08. The molecule has 20 heavy (non-hydrogen) atoms. The quantitative estimate of drug-likeness (QED) is 0.795. The van der Waals surface area contributed by atoms with Gasteiger partial charge in [0.1, 0.15) is 18.0 Å². The van der Waals surface area contributed by atoms with Crippen LogP contribution in [0.3, 0.4) is 0 Å². The van der Waals surface area contributed by atoms with Crippen LogP contribution in [0.4, 0.5) is 10.2 Å². The third kappa shape index (κ3) is 2.20. The Morgan fingerprint density at radius 3 is 2.90 bits per heavy atom. The molecule has 2 heterocycles. The molecule has 0 bridgehead atoms. The largest absolute Gasteiger partial charge is 0.365 e. The molecular weight excluding hydrogens is 257 g/mol. The Morgan fingerprint density at radius 2 is 2.15 bits per heavy atom. The lowest BCUT2D eigenvalue weighted by molar-refractivity contribution is 0.629. The number of fused-ring (bicyclic) bond motifs is 1. The number of anilines is 1. The van der Waals surface area contributed by atoms with E-state index in [1.807, 2.05) is 24.9 Å². The molecule has 2 aromatic heterocycles. The number of nitrogens with one attached hydrogen (secondary N) is 1. The van der Waals surface area contributed by atoms with Gasteiger partial charge in [-0.05, 0) is 25.1 Å². The van der Waals surface area contributed by atoms with Crippen molar-refractivity contribution < 1.29 is 4.39 Å². The van der Waals surface area contributed by atoms with Gasteiger partial charge in [0.2, 0.25) is 0 Å². The number of hydrogen-bond donors (Lipinski definition) is 1. The van der Waals surface area contributed by atoms with Gasteiger partial charge in [0.15, 0.2) is 0 Å². The summed E-state index contributed by atoms with van der Waals surface area (Å²) in [4.78, 5) is 8.31. The Balaban J connectivity index is 1.91. The maximum Gasteiger partial charge on any atom is 0.137 e. The Morgan fingerprint density at radius 1 is 1.30 bits per heavy atom. The fourth-order valence-corrected chi connectivity index (χ4v) is 2.07. The van der Waals surface area contributed by atoms with Gasteiger partial charge in [-0.2, -0.15) is 5.10 Å². The summed E-state index contributed by atoms with van der Waals surface area (Å²) in [6, 6.07) is 4.48. The van der Waals surface area contributed by atoms with Crippen LogP contribution < -0.4 is 5.32 Å². The standard InChI is InChI=1S/C14H14FN5/c1-9-10(7-19-20(9)2)6-16-14-12-5-11(15)3-4-13(12)17-8-18-14/h3-5,7-8H,6H2,1-2H3,(H,16,17,18). The van der Waals surface area contributed by atoms with Gasteiger partial charge >= 0.3 is 0 Å². The van der Waals surface area contributed by atoms with Crippen molar-refractivity contribution in [2.24, 2.45) is 7.05 Å². The van der Waals surface area contributed by atoms with Gasteiger partial charge < -0.3 is 5.32 Å². The highest BCUT2D eigenvalue weighted by molar-refractivity contribution is 5.88. The zero-order valence-corrected chi connectivity index (χ0v) is 11.3. The van der Waals surface area contributed by atoms with Crippen LogP contribution >= 0.6 is 0 Å². The highest BCUT2D eigenvalue weighted by Gasteiger charge is 2.07. The zero-order valence-electron chi connectivity index (χ0n) is 11.3. The first-order chi connectivity index (χ1) is 9.65. The molecule has 0 amide bonds. The summed E-state index contributed by atoms with van der Waals surface area (Å²) in [6.45, 7) is 2.59. The van der Waals surface area contributed by atoms with E-state index in [9.17, 15) is 4.39 Å². The van der Waals surface area contributed by atoms with Crippen molar-refractivity contribution in [2.45, 2.75) is 13.5 Å². The second kappa shape index (κ2) is 4.88. The van der Waals surface area contributed by atoms with E-state index in [4.69, 9.17) is 0 Å². The van der Waals surface area contributed by atoms with Crippen LogP contribution in [-0.2, 0) is 13.6 Å². The number of rotatable bonds is 3. The average Bonchev–Trinajstić information content (AvgIpc) is 2.76. The molecule has 0 aliphatic heterocycles. The van der Waals surface area contributed by atoms with Gasteiger partial charge in [0.05, 0.1) is 11.7 Å². The summed E-state index contributed by atoms with van der Waals surface area (Å²) in [7, 11) is 1.90. The molecular formula is C14H14FN5. The van der Waals surface area contributed by atoms with Crippen molar-refractivity contribution in [1.82, 2.24) is 19.7 Å². The lowest BCUT2D eigenvalue weighted by Crippen LogP contribution is -2.04. The first kappa shape index (κ1) is 12.5. The van der Waals surface area contributed by atoms with Crippen LogP contribution in [0.2, 0.25) is 0 Å². The van der Waals surface area contributed by atoms with Crippen LogP contribution in [0.25, 0.3) is 10.9 Å². The predicted octanol–water partition coefficient (Wildman–Crippen LogP) is 2.42. The van der Waals surface area contributed by atoms with Crippen molar-refractivity contribution >= 4 is 16.7 Å². The van der Waals surface area contributed by atoms with E-state index in [1.54, 1.807) is 6.07 Å². The molecule has 6 heteroatoms. The minimum atomic E-state index is -0.298. The fraction of sp³-hybridized carbons (Fsp3) is 0.214. The summed E-state index contributed by atoms with van der Waals surface area (Å²) < 4.78 is 15.2. The number of benzene rings is 1. The highest BCUT2D eigenvalue weighted by Crippen LogP contribution is 2.21. The molecule has 1 N–H and O–H groups in total. The van der Waals surface area contributed by atoms with Crippen molar-refractivity contribution in [1.29, 1.82) is 0 Å². The molecule has 0 atom stereocenters. The SMILES string of the molecule is Cc1c(CNc2ncnc3ccc(F)cc23)cnn1C. The minimum Gasteiger partial charge on any atom is -0.365 e. The average molecular weight is 271 g/mol. The van der Waals surface area contributed by atoms with Crippen molar-refractivity contribution in [3.05, 3.63) is 47.8 Å². The van der Waals surface area contributed by atoms with E-state index >= 15 is 0 Å². The summed E-state index contributed by atoms with van der Waals surface area (Å²) >= 11 is 0. The summed E-state index contributed by atoms with van der Waals surface area (Å²) in [6.07, 6.45) is 3.28. The highest BCUT2D eigenvalue weighted by atomic mass is 19.1. The molecule has 0 saturated carbocycles. The molecule has 1 aromatic carbocycles. The van der Waals surface area contributed by atoms with Crippen molar-refractivity contribution in [3.8, 4) is 0 Å².